The molecule has 1 unspecified atom stereocenters. The highest BCUT2D eigenvalue weighted by Gasteiger charge is 2.13. The molecule has 0 radical (unpaired) electrons. The normalized spacial score (nSPS) is 12.1. The third kappa shape index (κ3) is 3.80. The Bertz CT molecular complexity index is 537. The number of nitrogens with one attached hydrogen (secondary N) is 2. The maximum atomic E-state index is 11.8. The molecule has 0 saturated carbocycles. The summed E-state index contributed by atoms with van der Waals surface area (Å²) in [5.74, 6) is -0.0732. The monoisotopic (exact) mass is 259 g/mol. The number of hydrogen-bond donors (Lipinski definition) is 3. The van der Waals surface area contributed by atoms with Gasteiger partial charge in [0.05, 0.1) is 0 Å². The van der Waals surface area contributed by atoms with Crippen LogP contribution in [0.1, 0.15) is 29.5 Å². The van der Waals surface area contributed by atoms with Crippen LogP contribution in [0.5, 0.6) is 0 Å². The second-order valence-corrected chi connectivity index (χ2v) is 4.44. The summed E-state index contributed by atoms with van der Waals surface area (Å²) in [5, 5.41) is 8.96. The molecule has 6 nitrogen and oxygen atoms in total. The fourth-order valence-electron chi connectivity index (χ4n) is 1.77. The predicted octanol–water partition coefficient (Wildman–Crippen LogP) is 1.14. The van der Waals surface area contributed by atoms with Crippen LogP contribution in [0.15, 0.2) is 30.3 Å². The van der Waals surface area contributed by atoms with Crippen molar-refractivity contribution in [2.24, 2.45) is 0 Å². The summed E-state index contributed by atoms with van der Waals surface area (Å²) in [6.45, 7) is 1.96. The Morgan fingerprint density at radius 2 is 2.16 bits per heavy atom. The van der Waals surface area contributed by atoms with Gasteiger partial charge in [0.2, 0.25) is 11.8 Å². The van der Waals surface area contributed by atoms with Gasteiger partial charge in [0, 0.05) is 6.04 Å². The lowest BCUT2D eigenvalue weighted by molar-refractivity contribution is 0.0928. The minimum absolute atomic E-state index is 0.0547. The lowest BCUT2D eigenvalue weighted by Gasteiger charge is -2.12. The third-order valence-corrected chi connectivity index (χ3v) is 2.80. The van der Waals surface area contributed by atoms with E-state index in [0.29, 0.717) is 0 Å². The number of nitrogens with zero attached hydrogens (tertiary/aromatic N) is 2. The van der Waals surface area contributed by atoms with Gasteiger partial charge in [-0.15, -0.1) is 5.10 Å². The molecule has 0 aliphatic rings. The number of H-pyrrole nitrogens is 1. The van der Waals surface area contributed by atoms with E-state index in [4.69, 9.17) is 5.73 Å². The van der Waals surface area contributed by atoms with Crippen LogP contribution in [0.4, 0.5) is 5.95 Å². The lowest BCUT2D eigenvalue weighted by Crippen LogP contribution is -2.33. The molecule has 0 bridgehead atoms. The first-order valence-electron chi connectivity index (χ1n) is 6.18. The second kappa shape index (κ2) is 5.99. The Labute approximate surface area is 111 Å². The van der Waals surface area contributed by atoms with Gasteiger partial charge in [0.1, 0.15) is 0 Å². The molecule has 2 rings (SSSR count). The van der Waals surface area contributed by atoms with Gasteiger partial charge in [-0.3, -0.25) is 9.89 Å². The van der Waals surface area contributed by atoms with Gasteiger partial charge >= 0.3 is 0 Å². The fourth-order valence-corrected chi connectivity index (χ4v) is 1.77. The maximum Gasteiger partial charge on any atom is 0.288 e. The molecular weight excluding hydrogens is 242 g/mol. The van der Waals surface area contributed by atoms with Crippen LogP contribution in [0.3, 0.4) is 0 Å². The summed E-state index contributed by atoms with van der Waals surface area (Å²) >= 11 is 0. The van der Waals surface area contributed by atoms with Crippen molar-refractivity contribution >= 4 is 11.9 Å². The molecule has 1 aromatic carbocycles. The van der Waals surface area contributed by atoms with Gasteiger partial charge in [0.15, 0.2) is 0 Å². The number of rotatable bonds is 5. The molecule has 1 aromatic heterocycles. The highest BCUT2D eigenvalue weighted by atomic mass is 16.2. The number of carbonyl (C=O) groups excluding carboxylic acids is 1. The van der Waals surface area contributed by atoms with E-state index in [1.165, 1.54) is 5.56 Å². The topological polar surface area (TPSA) is 96.7 Å². The number of amides is 1. The highest BCUT2D eigenvalue weighted by molar-refractivity contribution is 5.90. The molecule has 0 aliphatic heterocycles. The van der Waals surface area contributed by atoms with Crippen LogP contribution < -0.4 is 11.1 Å². The maximum absolute atomic E-state index is 11.8. The number of aromatic amines is 1. The van der Waals surface area contributed by atoms with Crippen LogP contribution in [-0.2, 0) is 6.42 Å². The number of benzene rings is 1. The lowest BCUT2D eigenvalue weighted by atomic mass is 10.1. The number of aromatic nitrogens is 3. The number of nitrogen functional groups attached to an aromatic ring is 1. The van der Waals surface area contributed by atoms with E-state index in [-0.39, 0.29) is 23.7 Å². The second-order valence-electron chi connectivity index (χ2n) is 4.44. The molecule has 1 heterocycles. The molecule has 0 spiro atoms. The molecule has 0 fully saturated rings. The van der Waals surface area contributed by atoms with E-state index in [1.54, 1.807) is 0 Å². The quantitative estimate of drug-likeness (QED) is 0.750. The smallest absolute Gasteiger partial charge is 0.288 e. The summed E-state index contributed by atoms with van der Waals surface area (Å²) < 4.78 is 0. The zero-order valence-electron chi connectivity index (χ0n) is 10.8. The number of anilines is 1. The molecule has 0 aliphatic carbocycles. The largest absolute Gasteiger partial charge is 0.366 e. The van der Waals surface area contributed by atoms with E-state index in [0.717, 1.165) is 12.8 Å². The fraction of sp³-hybridized carbons (Fsp3) is 0.308. The molecule has 19 heavy (non-hydrogen) atoms. The predicted molar refractivity (Wildman–Crippen MR) is 72.5 cm³/mol. The summed E-state index contributed by atoms with van der Waals surface area (Å²) in [6, 6.07) is 10.2. The first-order chi connectivity index (χ1) is 9.15. The molecule has 4 N–H and O–H groups in total. The Kier molecular flexibility index (Phi) is 4.12. The van der Waals surface area contributed by atoms with Crippen molar-refractivity contribution in [1.29, 1.82) is 0 Å². The van der Waals surface area contributed by atoms with Crippen LogP contribution in [0.2, 0.25) is 0 Å². The molecular formula is C13H17N5O. The van der Waals surface area contributed by atoms with Crippen molar-refractivity contribution in [2.45, 2.75) is 25.8 Å². The first-order valence-corrected chi connectivity index (χ1v) is 6.18. The minimum Gasteiger partial charge on any atom is -0.366 e. The molecule has 1 amide bonds. The molecule has 2 aromatic rings. The van der Waals surface area contributed by atoms with Crippen molar-refractivity contribution in [2.75, 3.05) is 5.73 Å². The summed E-state index contributed by atoms with van der Waals surface area (Å²) in [6.07, 6.45) is 1.78. The van der Waals surface area contributed by atoms with E-state index in [1.807, 2.05) is 25.1 Å². The van der Waals surface area contributed by atoms with Crippen LogP contribution in [0.25, 0.3) is 0 Å². The van der Waals surface area contributed by atoms with Gasteiger partial charge in [0.25, 0.3) is 5.91 Å². The zero-order chi connectivity index (χ0) is 13.7. The van der Waals surface area contributed by atoms with Crippen molar-refractivity contribution < 1.29 is 4.79 Å². The van der Waals surface area contributed by atoms with Crippen LogP contribution >= 0.6 is 0 Å². The van der Waals surface area contributed by atoms with Crippen molar-refractivity contribution in [3.05, 3.63) is 41.7 Å². The Morgan fingerprint density at radius 3 is 2.79 bits per heavy atom. The van der Waals surface area contributed by atoms with Crippen molar-refractivity contribution in [3.63, 3.8) is 0 Å². The number of nitrogens with two attached hydrogens (primary N) is 1. The van der Waals surface area contributed by atoms with Gasteiger partial charge in [-0.25, -0.2) is 0 Å². The van der Waals surface area contributed by atoms with Crippen LogP contribution in [0, 0.1) is 0 Å². The average molecular weight is 259 g/mol. The van der Waals surface area contributed by atoms with Gasteiger partial charge in [-0.05, 0) is 25.3 Å². The zero-order valence-corrected chi connectivity index (χ0v) is 10.8. The molecule has 1 atom stereocenters. The van der Waals surface area contributed by atoms with Crippen molar-refractivity contribution in [3.8, 4) is 0 Å². The van der Waals surface area contributed by atoms with E-state index >= 15 is 0 Å². The minimum atomic E-state index is -0.287. The van der Waals surface area contributed by atoms with Crippen LogP contribution in [-0.4, -0.2) is 27.1 Å². The number of carbonyl (C=O) groups is 1. The number of hydrogen-bond acceptors (Lipinski definition) is 4. The van der Waals surface area contributed by atoms with Gasteiger partial charge in [-0.1, -0.05) is 30.3 Å². The van der Waals surface area contributed by atoms with Crippen molar-refractivity contribution in [1.82, 2.24) is 20.5 Å². The molecule has 0 saturated heterocycles. The summed E-state index contributed by atoms with van der Waals surface area (Å²) in [7, 11) is 0. The van der Waals surface area contributed by atoms with E-state index in [9.17, 15) is 4.79 Å². The Balaban J connectivity index is 1.81. The van der Waals surface area contributed by atoms with E-state index < -0.39 is 0 Å². The molecule has 100 valence electrons. The van der Waals surface area contributed by atoms with E-state index in [2.05, 4.69) is 32.6 Å². The Hall–Kier alpha value is -2.37. The summed E-state index contributed by atoms with van der Waals surface area (Å²) in [4.78, 5) is 15.6. The first kappa shape index (κ1) is 13.1. The summed E-state index contributed by atoms with van der Waals surface area (Å²) in [5.41, 5.74) is 6.61. The Morgan fingerprint density at radius 1 is 1.42 bits per heavy atom. The third-order valence-electron chi connectivity index (χ3n) is 2.80. The highest BCUT2D eigenvalue weighted by Crippen LogP contribution is 2.05. The molecule has 6 heteroatoms. The SMILES string of the molecule is CC(CCc1ccccc1)NC(=O)c1nc(N)n[nH]1. The number of aryl methyl sites for hydroxylation is 1. The van der Waals surface area contributed by atoms with Gasteiger partial charge in [-0.2, -0.15) is 4.98 Å². The van der Waals surface area contributed by atoms with Gasteiger partial charge < -0.3 is 11.1 Å². The standard InChI is InChI=1S/C13H17N5O/c1-9(7-8-10-5-3-2-4-6-10)15-12(19)11-16-13(14)18-17-11/h2-6,9H,7-8H2,1H3,(H,15,19)(H3,14,16,17,18). The average Bonchev–Trinajstić information content (AvgIpc) is 2.84.